The van der Waals surface area contributed by atoms with Gasteiger partial charge >= 0.3 is 0 Å². The molecule has 3 rings (SSSR count). The third-order valence-electron chi connectivity index (χ3n) is 4.22. The predicted octanol–water partition coefficient (Wildman–Crippen LogP) is 2.76. The molecular formula is C15H21N3O2. The first kappa shape index (κ1) is 13.2. The molecule has 1 heterocycles. The van der Waals surface area contributed by atoms with E-state index in [4.69, 9.17) is 10.2 Å². The number of aromatic nitrogens is 1. The van der Waals surface area contributed by atoms with Gasteiger partial charge in [-0.3, -0.25) is 0 Å². The highest BCUT2D eigenvalue weighted by Crippen LogP contribution is 2.35. The summed E-state index contributed by atoms with van der Waals surface area (Å²) in [6.45, 7) is 2.31. The van der Waals surface area contributed by atoms with Crippen molar-refractivity contribution in [3.63, 3.8) is 0 Å². The van der Waals surface area contributed by atoms with Gasteiger partial charge in [0.15, 0.2) is 5.58 Å². The lowest BCUT2D eigenvalue weighted by atomic mass is 9.77. The summed E-state index contributed by atoms with van der Waals surface area (Å²) in [5.74, 6) is 0.595. The van der Waals surface area contributed by atoms with Gasteiger partial charge < -0.3 is 20.6 Å². The Morgan fingerprint density at radius 2 is 2.40 bits per heavy atom. The number of hydrogen-bond donors (Lipinski definition) is 3. The Balaban J connectivity index is 1.89. The van der Waals surface area contributed by atoms with Gasteiger partial charge in [0, 0.05) is 0 Å². The zero-order chi connectivity index (χ0) is 14.2. The number of nitrogens with zero attached hydrogens (tertiary/aromatic N) is 1. The number of hydrogen-bond acceptors (Lipinski definition) is 5. The van der Waals surface area contributed by atoms with Crippen LogP contribution in [-0.2, 0) is 0 Å². The first-order chi connectivity index (χ1) is 9.62. The fourth-order valence-electron chi connectivity index (χ4n) is 3.21. The van der Waals surface area contributed by atoms with Crippen molar-refractivity contribution in [1.82, 2.24) is 4.98 Å². The summed E-state index contributed by atoms with van der Waals surface area (Å²) in [4.78, 5) is 4.41. The third-order valence-corrected chi connectivity index (χ3v) is 4.22. The maximum absolute atomic E-state index is 9.79. The average Bonchev–Trinajstić information content (AvgIpc) is 2.82. The van der Waals surface area contributed by atoms with Crippen LogP contribution in [0.2, 0.25) is 0 Å². The van der Waals surface area contributed by atoms with Gasteiger partial charge in [0.05, 0.1) is 17.8 Å². The third kappa shape index (κ3) is 2.33. The second-order valence-corrected chi connectivity index (χ2v) is 5.98. The zero-order valence-electron chi connectivity index (χ0n) is 11.7. The molecule has 0 spiro atoms. The Hall–Kier alpha value is -1.75. The molecule has 1 aliphatic carbocycles. The van der Waals surface area contributed by atoms with Crippen molar-refractivity contribution < 1.29 is 9.52 Å². The van der Waals surface area contributed by atoms with Crippen LogP contribution in [0.15, 0.2) is 22.6 Å². The summed E-state index contributed by atoms with van der Waals surface area (Å²) in [6, 6.07) is 5.94. The number of aliphatic hydroxyl groups excluding tert-OH is 1. The Morgan fingerprint density at radius 1 is 1.55 bits per heavy atom. The van der Waals surface area contributed by atoms with Gasteiger partial charge in [-0.25, -0.2) is 0 Å². The van der Waals surface area contributed by atoms with Gasteiger partial charge in [0.2, 0.25) is 0 Å². The number of benzene rings is 1. The van der Waals surface area contributed by atoms with E-state index in [1.807, 2.05) is 12.1 Å². The molecule has 20 heavy (non-hydrogen) atoms. The highest BCUT2D eigenvalue weighted by atomic mass is 16.4. The Morgan fingerprint density at radius 3 is 3.10 bits per heavy atom. The van der Waals surface area contributed by atoms with Crippen LogP contribution in [0.1, 0.15) is 32.6 Å². The lowest BCUT2D eigenvalue weighted by Gasteiger charge is -2.38. The van der Waals surface area contributed by atoms with Crippen molar-refractivity contribution in [3.05, 3.63) is 18.2 Å². The van der Waals surface area contributed by atoms with Crippen molar-refractivity contribution in [1.29, 1.82) is 0 Å². The van der Waals surface area contributed by atoms with Gasteiger partial charge in [0.25, 0.3) is 6.01 Å². The summed E-state index contributed by atoms with van der Waals surface area (Å²) in [6.07, 6.45) is 4.18. The molecule has 0 radical (unpaired) electrons. The monoisotopic (exact) mass is 275 g/mol. The van der Waals surface area contributed by atoms with E-state index in [0.29, 0.717) is 28.7 Å². The molecule has 5 heteroatoms. The molecule has 108 valence electrons. The zero-order valence-corrected chi connectivity index (χ0v) is 11.7. The van der Waals surface area contributed by atoms with Crippen LogP contribution in [0.25, 0.3) is 11.1 Å². The number of rotatable bonds is 3. The molecule has 1 aromatic carbocycles. The molecule has 2 atom stereocenters. The van der Waals surface area contributed by atoms with Crippen LogP contribution in [-0.4, -0.2) is 22.2 Å². The van der Waals surface area contributed by atoms with E-state index >= 15 is 0 Å². The molecule has 0 aliphatic heterocycles. The van der Waals surface area contributed by atoms with E-state index < -0.39 is 0 Å². The van der Waals surface area contributed by atoms with E-state index in [2.05, 4.69) is 17.2 Å². The average molecular weight is 275 g/mol. The van der Waals surface area contributed by atoms with Crippen LogP contribution < -0.4 is 11.1 Å². The fraction of sp³-hybridized carbons (Fsp3) is 0.533. The van der Waals surface area contributed by atoms with E-state index in [-0.39, 0.29) is 12.1 Å². The van der Waals surface area contributed by atoms with E-state index in [0.717, 1.165) is 19.3 Å². The summed E-state index contributed by atoms with van der Waals surface area (Å²) in [5, 5.41) is 13.1. The van der Waals surface area contributed by atoms with Crippen LogP contribution >= 0.6 is 0 Å². The number of anilines is 2. The van der Waals surface area contributed by atoms with Crippen LogP contribution in [0.5, 0.6) is 0 Å². The first-order valence-corrected chi connectivity index (χ1v) is 7.16. The minimum atomic E-state index is -0.326. The number of nitrogen functional groups attached to an aromatic ring is 1. The molecule has 1 aromatic heterocycles. The largest absolute Gasteiger partial charge is 0.423 e. The van der Waals surface area contributed by atoms with E-state index in [1.165, 1.54) is 6.42 Å². The van der Waals surface area contributed by atoms with Crippen molar-refractivity contribution >= 4 is 22.8 Å². The summed E-state index contributed by atoms with van der Waals surface area (Å²) in [7, 11) is 0. The molecule has 5 nitrogen and oxygen atoms in total. The summed E-state index contributed by atoms with van der Waals surface area (Å²) < 4.78 is 5.70. The number of oxazole rings is 1. The van der Waals surface area contributed by atoms with Crippen molar-refractivity contribution in [3.8, 4) is 0 Å². The van der Waals surface area contributed by atoms with Gasteiger partial charge in [-0.15, -0.1) is 0 Å². The van der Waals surface area contributed by atoms with Crippen molar-refractivity contribution in [2.75, 3.05) is 17.7 Å². The minimum Gasteiger partial charge on any atom is -0.423 e. The van der Waals surface area contributed by atoms with Gasteiger partial charge in [-0.05, 0) is 30.9 Å². The standard InChI is InChI=1S/C15H21N3O2/c1-10-4-3-7-15(8-10,9-19)18-14-17-13-11(16)5-2-6-12(13)20-14/h2,5-6,10,19H,3-4,7-9,16H2,1H3,(H,17,18). The molecule has 4 N–H and O–H groups in total. The molecule has 0 saturated heterocycles. The maximum Gasteiger partial charge on any atom is 0.296 e. The SMILES string of the molecule is CC1CCCC(CO)(Nc2nc3c(N)cccc3o2)C1. The normalized spacial score (nSPS) is 26.8. The van der Waals surface area contributed by atoms with Gasteiger partial charge in [0.1, 0.15) is 5.52 Å². The van der Waals surface area contributed by atoms with Crippen molar-refractivity contribution in [2.45, 2.75) is 38.1 Å². The Bertz CT molecular complexity index is 610. The number of aliphatic hydroxyl groups is 1. The molecule has 2 unspecified atom stereocenters. The van der Waals surface area contributed by atoms with Crippen LogP contribution in [0.4, 0.5) is 11.7 Å². The lowest BCUT2D eigenvalue weighted by Crippen LogP contribution is -2.45. The molecule has 1 saturated carbocycles. The van der Waals surface area contributed by atoms with Gasteiger partial charge in [-0.2, -0.15) is 4.98 Å². The molecule has 0 bridgehead atoms. The predicted molar refractivity (Wildman–Crippen MR) is 79.5 cm³/mol. The smallest absolute Gasteiger partial charge is 0.296 e. The number of para-hydroxylation sites is 1. The quantitative estimate of drug-likeness (QED) is 0.750. The number of nitrogens with one attached hydrogen (secondary N) is 1. The second-order valence-electron chi connectivity index (χ2n) is 5.98. The molecule has 1 aliphatic rings. The number of nitrogens with two attached hydrogens (primary N) is 1. The highest BCUT2D eigenvalue weighted by Gasteiger charge is 2.35. The highest BCUT2D eigenvalue weighted by molar-refractivity contribution is 5.86. The maximum atomic E-state index is 9.79. The molecule has 2 aromatic rings. The molecular weight excluding hydrogens is 254 g/mol. The second kappa shape index (κ2) is 4.98. The Kier molecular flexibility index (Phi) is 3.30. The molecule has 1 fully saturated rings. The topological polar surface area (TPSA) is 84.3 Å². The minimum absolute atomic E-state index is 0.0888. The van der Waals surface area contributed by atoms with Gasteiger partial charge in [-0.1, -0.05) is 25.8 Å². The lowest BCUT2D eigenvalue weighted by molar-refractivity contribution is 0.147. The fourth-order valence-corrected chi connectivity index (χ4v) is 3.21. The first-order valence-electron chi connectivity index (χ1n) is 7.16. The number of fused-ring (bicyclic) bond motifs is 1. The van der Waals surface area contributed by atoms with Crippen LogP contribution in [0, 0.1) is 5.92 Å². The van der Waals surface area contributed by atoms with Crippen LogP contribution in [0.3, 0.4) is 0 Å². The van der Waals surface area contributed by atoms with E-state index in [1.54, 1.807) is 6.07 Å². The molecule has 0 amide bonds. The summed E-state index contributed by atoms with van der Waals surface area (Å²) >= 11 is 0. The Labute approximate surface area is 118 Å². The van der Waals surface area contributed by atoms with Crippen molar-refractivity contribution in [2.24, 2.45) is 5.92 Å². The summed E-state index contributed by atoms with van der Waals surface area (Å²) in [5.41, 5.74) is 7.51. The van der Waals surface area contributed by atoms with E-state index in [9.17, 15) is 5.11 Å².